The molecule has 0 saturated carbocycles. The van der Waals surface area contributed by atoms with Crippen LogP contribution in [0.3, 0.4) is 0 Å². The normalized spacial score (nSPS) is 15.0. The summed E-state index contributed by atoms with van der Waals surface area (Å²) >= 11 is 0. The fourth-order valence-corrected chi connectivity index (χ4v) is 6.19. The molecule has 0 aromatic rings. The van der Waals surface area contributed by atoms with E-state index >= 15 is 0 Å². The number of hydrogen-bond donors (Lipinski definition) is 15. The molecule has 0 rings (SSSR count). The topological polar surface area (TPSA) is 417 Å². The number of aliphatic carboxylic acids is 1. The number of nitrogens with one attached hydrogen (secondary N) is 7. The third kappa shape index (κ3) is 24.2. The Morgan fingerprint density at radius 1 is 0.403 bits per heavy atom. The van der Waals surface area contributed by atoms with Crippen LogP contribution in [0.4, 0.5) is 0 Å². The largest absolute Gasteiger partial charge is 0.480 e. The van der Waals surface area contributed by atoms with Gasteiger partial charge >= 0.3 is 5.97 Å². The maximum absolute atomic E-state index is 14.0. The predicted octanol–water partition coefficient (Wildman–Crippen LogP) is -4.53. The van der Waals surface area contributed by atoms with Gasteiger partial charge in [0.05, 0.1) is 12.6 Å². The van der Waals surface area contributed by atoms with Gasteiger partial charge in [0.1, 0.15) is 42.3 Å². The second kappa shape index (κ2) is 34.0. The average Bonchev–Trinajstić information content (AvgIpc) is 3.23. The minimum absolute atomic E-state index is 0.0992. The molecule has 0 heterocycles. The minimum atomic E-state index is -1.42. The van der Waals surface area contributed by atoms with Crippen molar-refractivity contribution in [3.63, 3.8) is 0 Å². The molecule has 0 fully saturated rings. The van der Waals surface area contributed by atoms with Crippen molar-refractivity contribution < 1.29 is 48.6 Å². The van der Waals surface area contributed by atoms with Crippen molar-refractivity contribution in [3.8, 4) is 0 Å². The Morgan fingerprint density at radius 2 is 0.694 bits per heavy atom. The second-order valence-electron chi connectivity index (χ2n) is 15.3. The Hall–Kier alpha value is -4.52. The van der Waals surface area contributed by atoms with E-state index < -0.39 is 102 Å². The number of aliphatic hydroxyl groups excluding tert-OH is 1. The lowest BCUT2D eigenvalue weighted by atomic mass is 10.0. The summed E-state index contributed by atoms with van der Waals surface area (Å²) < 4.78 is 0. The number of aliphatic hydroxyl groups is 1. The van der Waals surface area contributed by atoms with Crippen molar-refractivity contribution in [2.45, 2.75) is 159 Å². The quantitative estimate of drug-likeness (QED) is 0.0264. The predicted molar refractivity (Wildman–Crippen MR) is 232 cm³/mol. The average molecular weight is 888 g/mol. The number of rotatable bonds is 36. The molecule has 23 heteroatoms. The Balaban J connectivity index is 6.39. The van der Waals surface area contributed by atoms with Gasteiger partial charge in [-0.25, -0.2) is 4.79 Å². The van der Waals surface area contributed by atoms with E-state index in [1.54, 1.807) is 0 Å². The lowest BCUT2D eigenvalue weighted by Gasteiger charge is -2.28. The highest BCUT2D eigenvalue weighted by molar-refractivity contribution is 5.97. The highest BCUT2D eigenvalue weighted by Crippen LogP contribution is 2.11. The molecule has 0 radical (unpaired) electrons. The first kappa shape index (κ1) is 57.5. The van der Waals surface area contributed by atoms with Crippen molar-refractivity contribution in [3.05, 3.63) is 0 Å². The van der Waals surface area contributed by atoms with Crippen LogP contribution < -0.4 is 71.6 Å². The standard InChI is InChI=1S/C39H77N13O10/c1-24(46-38(60)32(25(2)53)52-31(54)23-45)33(55)47-26(13-3-8-18-40)34(56)48-27(14-4-9-19-41)35(57)49-28(15-5-10-20-42)36(58)50-29(16-6-11-21-43)37(59)51-30(39(61)62)17-7-12-22-44/h24-30,32,53H,3-23,40-45H2,1-2H3,(H,46,60)(H,47,55)(H,48,56)(H,49,57)(H,50,58)(H,51,59)(H,52,54)(H,61,62)/t24-,25+,26-,27-,28-,29-,30-,32-/m0/s1. The smallest absolute Gasteiger partial charge is 0.326 e. The van der Waals surface area contributed by atoms with Gasteiger partial charge < -0.3 is 81.8 Å². The zero-order valence-corrected chi connectivity index (χ0v) is 36.6. The van der Waals surface area contributed by atoms with Crippen LogP contribution in [0.1, 0.15) is 110 Å². The van der Waals surface area contributed by atoms with Gasteiger partial charge in [-0.3, -0.25) is 33.6 Å². The Labute approximate surface area is 364 Å². The molecule has 0 spiro atoms. The van der Waals surface area contributed by atoms with Crippen LogP contribution in [-0.4, -0.2) is 145 Å². The molecule has 8 atom stereocenters. The van der Waals surface area contributed by atoms with Crippen LogP contribution in [0.15, 0.2) is 0 Å². The summed E-state index contributed by atoms with van der Waals surface area (Å²) in [5, 5.41) is 37.7. The molecule has 0 bridgehead atoms. The summed E-state index contributed by atoms with van der Waals surface area (Å²) in [6.45, 7) is 3.73. The first-order valence-corrected chi connectivity index (χ1v) is 21.7. The molecule has 0 aromatic carbocycles. The van der Waals surface area contributed by atoms with E-state index in [-0.39, 0.29) is 32.1 Å². The first-order valence-electron chi connectivity index (χ1n) is 21.7. The fourth-order valence-electron chi connectivity index (χ4n) is 6.19. The number of carbonyl (C=O) groups is 8. The molecule has 0 aromatic heterocycles. The van der Waals surface area contributed by atoms with Crippen molar-refractivity contribution in [1.82, 2.24) is 37.2 Å². The summed E-state index contributed by atoms with van der Waals surface area (Å²) in [4.78, 5) is 105. The zero-order valence-electron chi connectivity index (χ0n) is 36.6. The maximum atomic E-state index is 14.0. The van der Waals surface area contributed by atoms with Crippen molar-refractivity contribution in [1.29, 1.82) is 0 Å². The number of carbonyl (C=O) groups excluding carboxylic acids is 7. The van der Waals surface area contributed by atoms with Gasteiger partial charge in [-0.2, -0.15) is 0 Å². The molecule has 62 heavy (non-hydrogen) atoms. The van der Waals surface area contributed by atoms with Gasteiger partial charge in [0, 0.05) is 0 Å². The summed E-state index contributed by atoms with van der Waals surface area (Å²) in [5.41, 5.74) is 33.6. The van der Waals surface area contributed by atoms with Gasteiger partial charge in [0.15, 0.2) is 0 Å². The number of amides is 7. The lowest BCUT2D eigenvalue weighted by Crippen LogP contribution is -2.60. The van der Waals surface area contributed by atoms with Gasteiger partial charge in [-0.05, 0) is 143 Å². The molecule has 23 nitrogen and oxygen atoms in total. The third-order valence-corrected chi connectivity index (χ3v) is 9.90. The van der Waals surface area contributed by atoms with Crippen LogP contribution in [0.5, 0.6) is 0 Å². The van der Waals surface area contributed by atoms with Crippen LogP contribution in [0, 0.1) is 0 Å². The monoisotopic (exact) mass is 888 g/mol. The minimum Gasteiger partial charge on any atom is -0.480 e. The maximum Gasteiger partial charge on any atom is 0.326 e. The van der Waals surface area contributed by atoms with Crippen LogP contribution in [-0.2, 0) is 38.4 Å². The van der Waals surface area contributed by atoms with Crippen LogP contribution >= 0.6 is 0 Å². The fraction of sp³-hybridized carbons (Fsp3) is 0.795. The van der Waals surface area contributed by atoms with E-state index in [0.29, 0.717) is 96.9 Å². The molecule has 0 unspecified atom stereocenters. The second-order valence-corrected chi connectivity index (χ2v) is 15.3. The Morgan fingerprint density at radius 3 is 0.968 bits per heavy atom. The summed E-state index contributed by atoms with van der Waals surface area (Å²) in [5.74, 6) is -6.50. The molecular formula is C39H77N13O10. The van der Waals surface area contributed by atoms with Crippen LogP contribution in [0.2, 0.25) is 0 Å². The van der Waals surface area contributed by atoms with E-state index in [0.717, 1.165) is 0 Å². The number of carboxylic acids is 1. The summed E-state index contributed by atoms with van der Waals surface area (Å²) in [7, 11) is 0. The van der Waals surface area contributed by atoms with Crippen molar-refractivity contribution in [2.24, 2.45) is 34.4 Å². The van der Waals surface area contributed by atoms with Gasteiger partial charge in [-0.1, -0.05) is 0 Å². The van der Waals surface area contributed by atoms with Gasteiger partial charge in [0.25, 0.3) is 0 Å². The molecule has 0 aliphatic rings. The van der Waals surface area contributed by atoms with E-state index in [9.17, 15) is 48.6 Å². The van der Waals surface area contributed by atoms with Gasteiger partial charge in [-0.15, -0.1) is 0 Å². The highest BCUT2D eigenvalue weighted by Gasteiger charge is 2.33. The molecule has 21 N–H and O–H groups in total. The Kier molecular flexibility index (Phi) is 31.5. The Bertz CT molecular complexity index is 1380. The van der Waals surface area contributed by atoms with E-state index in [2.05, 4.69) is 37.2 Å². The van der Waals surface area contributed by atoms with E-state index in [1.807, 2.05) is 0 Å². The molecule has 0 saturated heterocycles. The van der Waals surface area contributed by atoms with Gasteiger partial charge in [0.2, 0.25) is 41.4 Å². The lowest BCUT2D eigenvalue weighted by molar-refractivity contribution is -0.142. The van der Waals surface area contributed by atoms with Crippen LogP contribution in [0.25, 0.3) is 0 Å². The number of nitrogens with two attached hydrogens (primary N) is 6. The first-order chi connectivity index (χ1) is 29.5. The van der Waals surface area contributed by atoms with Crippen molar-refractivity contribution in [2.75, 3.05) is 39.3 Å². The molecular weight excluding hydrogens is 811 g/mol. The molecule has 7 amide bonds. The summed E-state index contributed by atoms with van der Waals surface area (Å²) in [6, 6.07) is -8.65. The molecule has 0 aliphatic heterocycles. The molecule has 0 aliphatic carbocycles. The number of hydrogen-bond acceptors (Lipinski definition) is 15. The number of unbranched alkanes of at least 4 members (excludes halogenated alkanes) is 5. The van der Waals surface area contributed by atoms with E-state index in [4.69, 9.17) is 34.4 Å². The van der Waals surface area contributed by atoms with Crippen molar-refractivity contribution >= 4 is 47.3 Å². The SMILES string of the molecule is C[C@H](NC(=O)[C@@H](NC(=O)CN)[C@@H](C)O)C(=O)N[C@@H](CCCCN)C(=O)N[C@@H](CCCCN)C(=O)N[C@@H](CCCCN)C(=O)N[C@@H](CCCCN)C(=O)N[C@@H](CCCCN)C(=O)O. The highest BCUT2D eigenvalue weighted by atomic mass is 16.4. The zero-order chi connectivity index (χ0) is 47.0. The third-order valence-electron chi connectivity index (χ3n) is 9.90. The molecule has 358 valence electrons. The number of carboxylic acid groups (broad SMARTS) is 1. The summed E-state index contributed by atoms with van der Waals surface area (Å²) in [6.07, 6.45) is 3.93. The van der Waals surface area contributed by atoms with E-state index in [1.165, 1.54) is 13.8 Å².